The van der Waals surface area contributed by atoms with E-state index < -0.39 is 0 Å². The van der Waals surface area contributed by atoms with E-state index in [9.17, 15) is 0 Å². The van der Waals surface area contributed by atoms with Gasteiger partial charge >= 0.3 is 0 Å². The Balaban J connectivity index is 2.23. The fourth-order valence-electron chi connectivity index (χ4n) is 1.86. The molecule has 0 aromatic heterocycles. The maximum Gasteiger partial charge on any atom is 0.135 e. The van der Waals surface area contributed by atoms with Crippen LogP contribution in [-0.2, 0) is 0 Å². The Kier molecular flexibility index (Phi) is 5.35. The third kappa shape index (κ3) is 3.68. The van der Waals surface area contributed by atoms with Crippen LogP contribution in [0.2, 0.25) is 5.02 Å². The molecule has 0 aliphatic heterocycles. The van der Waals surface area contributed by atoms with Gasteiger partial charge in [0.05, 0.1) is 17.3 Å². The van der Waals surface area contributed by atoms with Crippen molar-refractivity contribution in [2.75, 3.05) is 12.4 Å². The van der Waals surface area contributed by atoms with Crippen molar-refractivity contribution in [3.63, 3.8) is 0 Å². The van der Waals surface area contributed by atoms with Crippen LogP contribution in [0, 0.1) is 0 Å². The molecule has 2 rings (SSSR count). The minimum absolute atomic E-state index is 0.162. The molecule has 0 spiro atoms. The highest BCUT2D eigenvalue weighted by molar-refractivity contribution is 9.11. The van der Waals surface area contributed by atoms with Gasteiger partial charge in [-0.25, -0.2) is 0 Å². The van der Waals surface area contributed by atoms with Crippen LogP contribution in [0.25, 0.3) is 0 Å². The second-order valence-corrected chi connectivity index (χ2v) is 6.53. The van der Waals surface area contributed by atoms with Crippen molar-refractivity contribution >= 4 is 49.1 Å². The van der Waals surface area contributed by atoms with Crippen LogP contribution in [0.5, 0.6) is 5.75 Å². The molecule has 106 valence electrons. The molecule has 1 atom stereocenters. The molecule has 0 saturated heterocycles. The summed E-state index contributed by atoms with van der Waals surface area (Å²) in [6.45, 7) is 2.10. The molecular weight excluding hydrogens is 405 g/mol. The van der Waals surface area contributed by atoms with E-state index in [1.54, 1.807) is 7.11 Å². The summed E-state index contributed by atoms with van der Waals surface area (Å²) in [7, 11) is 1.65. The summed E-state index contributed by atoms with van der Waals surface area (Å²) in [5, 5.41) is 4.20. The first kappa shape index (κ1) is 15.7. The summed E-state index contributed by atoms with van der Waals surface area (Å²) in [5.74, 6) is 0.791. The van der Waals surface area contributed by atoms with Gasteiger partial charge in [-0.05, 0) is 62.5 Å². The highest BCUT2D eigenvalue weighted by Gasteiger charge is 2.11. The molecule has 2 aromatic rings. The quantitative estimate of drug-likeness (QED) is 0.652. The molecule has 2 aromatic carbocycles. The van der Waals surface area contributed by atoms with E-state index in [1.165, 1.54) is 5.56 Å². The van der Waals surface area contributed by atoms with Gasteiger partial charge in [-0.15, -0.1) is 0 Å². The lowest BCUT2D eigenvalue weighted by atomic mass is 10.1. The molecule has 2 nitrogen and oxygen atoms in total. The molecule has 1 unspecified atom stereocenters. The van der Waals surface area contributed by atoms with Crippen molar-refractivity contribution in [1.29, 1.82) is 0 Å². The van der Waals surface area contributed by atoms with Crippen LogP contribution in [0.1, 0.15) is 18.5 Å². The molecule has 0 fully saturated rings. The number of methoxy groups -OCH3 is 1. The normalized spacial score (nSPS) is 12.1. The van der Waals surface area contributed by atoms with Crippen molar-refractivity contribution in [3.8, 4) is 5.75 Å². The maximum atomic E-state index is 5.91. The van der Waals surface area contributed by atoms with Gasteiger partial charge in [0, 0.05) is 21.6 Å². The first-order valence-electron chi connectivity index (χ1n) is 6.06. The first-order valence-corrected chi connectivity index (χ1v) is 8.02. The van der Waals surface area contributed by atoms with Crippen molar-refractivity contribution in [3.05, 3.63) is 55.9 Å². The molecule has 1 N–H and O–H groups in total. The second-order valence-electron chi connectivity index (χ2n) is 4.38. The van der Waals surface area contributed by atoms with Gasteiger partial charge in [-0.3, -0.25) is 0 Å². The number of hydrogen-bond donors (Lipinski definition) is 1. The zero-order chi connectivity index (χ0) is 14.7. The number of benzene rings is 2. The van der Waals surface area contributed by atoms with Gasteiger partial charge in [-0.2, -0.15) is 0 Å². The monoisotopic (exact) mass is 417 g/mol. The zero-order valence-electron chi connectivity index (χ0n) is 11.1. The molecule has 0 saturated carbocycles. The van der Waals surface area contributed by atoms with Gasteiger partial charge < -0.3 is 10.1 Å². The average molecular weight is 420 g/mol. The Labute approximate surface area is 140 Å². The predicted octanol–water partition coefficient (Wildman–Crippen LogP) is 6.05. The number of halogens is 3. The molecular formula is C15H14Br2ClNO. The van der Waals surface area contributed by atoms with E-state index in [4.69, 9.17) is 16.3 Å². The average Bonchev–Trinajstić information content (AvgIpc) is 2.42. The lowest BCUT2D eigenvalue weighted by Crippen LogP contribution is -2.07. The summed E-state index contributed by atoms with van der Waals surface area (Å²) < 4.78 is 7.21. The van der Waals surface area contributed by atoms with E-state index in [0.29, 0.717) is 0 Å². The molecule has 20 heavy (non-hydrogen) atoms. The summed E-state index contributed by atoms with van der Waals surface area (Å²) in [4.78, 5) is 0. The van der Waals surface area contributed by atoms with Crippen molar-refractivity contribution < 1.29 is 4.74 Å². The lowest BCUT2D eigenvalue weighted by Gasteiger charge is -2.18. The highest BCUT2D eigenvalue weighted by Crippen LogP contribution is 2.36. The van der Waals surface area contributed by atoms with Crippen LogP contribution in [0.4, 0.5) is 5.69 Å². The van der Waals surface area contributed by atoms with Crippen LogP contribution < -0.4 is 10.1 Å². The summed E-state index contributed by atoms with van der Waals surface area (Å²) in [6.07, 6.45) is 0. The van der Waals surface area contributed by atoms with Gasteiger partial charge in [-0.1, -0.05) is 23.7 Å². The number of ether oxygens (including phenoxy) is 1. The van der Waals surface area contributed by atoms with Crippen LogP contribution in [0.3, 0.4) is 0 Å². The fourth-order valence-corrected chi connectivity index (χ4v) is 3.26. The molecule has 0 amide bonds. The fraction of sp³-hybridized carbons (Fsp3) is 0.200. The van der Waals surface area contributed by atoms with Gasteiger partial charge in [0.1, 0.15) is 5.75 Å². The molecule has 0 radical (unpaired) electrons. The predicted molar refractivity (Wildman–Crippen MR) is 91.9 cm³/mol. The van der Waals surface area contributed by atoms with E-state index in [2.05, 4.69) is 44.1 Å². The number of anilines is 1. The Hall–Kier alpha value is -0.710. The van der Waals surface area contributed by atoms with E-state index in [1.807, 2.05) is 36.4 Å². The Morgan fingerprint density at radius 1 is 1.10 bits per heavy atom. The van der Waals surface area contributed by atoms with Gasteiger partial charge in [0.25, 0.3) is 0 Å². The molecule has 0 bridgehead atoms. The van der Waals surface area contributed by atoms with Gasteiger partial charge in [0.2, 0.25) is 0 Å². The third-order valence-electron chi connectivity index (χ3n) is 2.98. The van der Waals surface area contributed by atoms with E-state index in [-0.39, 0.29) is 6.04 Å². The molecule has 5 heteroatoms. The van der Waals surface area contributed by atoms with E-state index >= 15 is 0 Å². The van der Waals surface area contributed by atoms with Crippen molar-refractivity contribution in [2.45, 2.75) is 13.0 Å². The largest absolute Gasteiger partial charge is 0.495 e. The highest BCUT2D eigenvalue weighted by atomic mass is 79.9. The number of hydrogen-bond acceptors (Lipinski definition) is 2. The summed E-state index contributed by atoms with van der Waals surface area (Å²) in [6, 6.07) is 11.9. The molecule has 0 heterocycles. The second kappa shape index (κ2) is 6.83. The molecule has 0 aliphatic carbocycles. The lowest BCUT2D eigenvalue weighted by molar-refractivity contribution is 0.412. The third-order valence-corrected chi connectivity index (χ3v) is 4.51. The standard InChI is InChI=1S/C15H14Br2ClNO/c1-9(10-3-5-11(18)6-4-10)19-14-8-15(20-2)13(17)7-12(14)16/h3-9,19H,1-2H3. The summed E-state index contributed by atoms with van der Waals surface area (Å²) >= 11 is 12.9. The van der Waals surface area contributed by atoms with E-state index in [0.717, 1.165) is 25.4 Å². The Bertz CT molecular complexity index is 602. The number of rotatable bonds is 4. The molecule has 0 aliphatic rings. The SMILES string of the molecule is COc1cc(NC(C)c2ccc(Cl)cc2)c(Br)cc1Br. The Morgan fingerprint density at radius 2 is 1.75 bits per heavy atom. The zero-order valence-corrected chi connectivity index (χ0v) is 15.0. The first-order chi connectivity index (χ1) is 9.51. The summed E-state index contributed by atoms with van der Waals surface area (Å²) in [5.41, 5.74) is 2.15. The minimum atomic E-state index is 0.162. The number of nitrogens with one attached hydrogen (secondary N) is 1. The maximum absolute atomic E-state index is 5.91. The van der Waals surface area contributed by atoms with Crippen molar-refractivity contribution in [2.24, 2.45) is 0 Å². The Morgan fingerprint density at radius 3 is 2.35 bits per heavy atom. The van der Waals surface area contributed by atoms with Crippen molar-refractivity contribution in [1.82, 2.24) is 0 Å². The minimum Gasteiger partial charge on any atom is -0.495 e. The van der Waals surface area contributed by atoms with Crippen LogP contribution in [-0.4, -0.2) is 7.11 Å². The topological polar surface area (TPSA) is 21.3 Å². The smallest absolute Gasteiger partial charge is 0.135 e. The van der Waals surface area contributed by atoms with Gasteiger partial charge in [0.15, 0.2) is 0 Å². The van der Waals surface area contributed by atoms with Crippen LogP contribution in [0.15, 0.2) is 45.3 Å². The van der Waals surface area contributed by atoms with Crippen LogP contribution >= 0.6 is 43.5 Å².